The second kappa shape index (κ2) is 20.2. The van der Waals surface area contributed by atoms with Gasteiger partial charge in [0, 0.05) is 54.3 Å². The van der Waals surface area contributed by atoms with E-state index in [0.29, 0.717) is 0 Å². The molecule has 4 nitrogen and oxygen atoms in total. The van der Waals surface area contributed by atoms with Crippen molar-refractivity contribution in [3.05, 3.63) is 324 Å². The SMILES string of the molecule is Cc1cccc(-c2ccccc2N(c2cc3c(c4ccccc24)-c2ccccc2C3(C)C2(C)c3ccccc3-c3c2cc(N(c2ccccc2-c2cccc(C)c2C)c2cccc4c2oc2ccccc24)c2ccccc32)c2cccc3c2oc2ccccc23)c1C. The van der Waals surface area contributed by atoms with Crippen LogP contribution in [0.5, 0.6) is 0 Å². The lowest BCUT2D eigenvalue weighted by atomic mass is 9.56. The molecule has 2 aliphatic carbocycles. The highest BCUT2D eigenvalue weighted by molar-refractivity contribution is 6.18. The first-order valence-electron chi connectivity index (χ1n) is 32.2. The number of para-hydroxylation sites is 6. The molecule has 2 aromatic heterocycles. The zero-order valence-electron chi connectivity index (χ0n) is 52.3. The van der Waals surface area contributed by atoms with E-state index < -0.39 is 10.8 Å². The maximum Gasteiger partial charge on any atom is 0.159 e. The molecule has 0 radical (unpaired) electrons. The van der Waals surface area contributed by atoms with Gasteiger partial charge < -0.3 is 18.6 Å². The Hall–Kier alpha value is -11.2. The second-order valence-electron chi connectivity index (χ2n) is 25.8. The number of furan rings is 2. The van der Waals surface area contributed by atoms with Crippen molar-refractivity contribution in [2.24, 2.45) is 0 Å². The summed E-state index contributed by atoms with van der Waals surface area (Å²) in [6, 6.07) is 104. The van der Waals surface area contributed by atoms with Gasteiger partial charge in [-0.25, -0.2) is 0 Å². The van der Waals surface area contributed by atoms with Crippen LogP contribution in [0.25, 0.3) is 110 Å². The Morgan fingerprint density at radius 2 is 0.565 bits per heavy atom. The first kappa shape index (κ1) is 53.8. The van der Waals surface area contributed by atoms with Gasteiger partial charge in [0.05, 0.1) is 34.1 Å². The molecule has 0 saturated heterocycles. The molecule has 0 spiro atoms. The van der Waals surface area contributed by atoms with Crippen LogP contribution in [-0.4, -0.2) is 0 Å². The molecule has 2 unspecified atom stereocenters. The van der Waals surface area contributed by atoms with Crippen LogP contribution in [0.15, 0.2) is 288 Å². The van der Waals surface area contributed by atoms with Gasteiger partial charge in [-0.3, -0.25) is 0 Å². The van der Waals surface area contributed by atoms with Gasteiger partial charge in [-0.15, -0.1) is 0 Å². The smallest absolute Gasteiger partial charge is 0.159 e. The highest BCUT2D eigenvalue weighted by atomic mass is 16.3. The molecule has 2 atom stereocenters. The fraction of sp³-hybridized carbons (Fsp3) is 0.0909. The minimum Gasteiger partial charge on any atom is -0.454 e. The van der Waals surface area contributed by atoms with Crippen molar-refractivity contribution in [3.63, 3.8) is 0 Å². The number of hydrogen-bond acceptors (Lipinski definition) is 4. The molecule has 92 heavy (non-hydrogen) atoms. The second-order valence-corrected chi connectivity index (χ2v) is 25.8. The van der Waals surface area contributed by atoms with E-state index >= 15 is 0 Å². The first-order valence-corrected chi connectivity index (χ1v) is 32.2. The number of benzene rings is 14. The van der Waals surface area contributed by atoms with E-state index in [4.69, 9.17) is 8.83 Å². The quantitative estimate of drug-likeness (QED) is 0.144. The molecule has 2 heterocycles. The van der Waals surface area contributed by atoms with E-state index in [1.54, 1.807) is 0 Å². The van der Waals surface area contributed by atoms with E-state index in [2.05, 4.69) is 330 Å². The Labute approximate surface area is 535 Å². The Balaban J connectivity index is 0.957. The number of anilines is 6. The molecule has 14 aromatic carbocycles. The summed E-state index contributed by atoms with van der Waals surface area (Å²) in [7, 11) is 0. The lowest BCUT2D eigenvalue weighted by Crippen LogP contribution is -2.44. The van der Waals surface area contributed by atoms with Crippen LogP contribution in [0, 0.1) is 27.7 Å². The summed E-state index contributed by atoms with van der Waals surface area (Å²) in [5, 5.41) is 9.03. The monoisotopic (exact) mass is 1180 g/mol. The van der Waals surface area contributed by atoms with E-state index in [-0.39, 0.29) is 0 Å². The van der Waals surface area contributed by atoms with E-state index in [1.165, 1.54) is 88.7 Å². The van der Waals surface area contributed by atoms with Crippen LogP contribution >= 0.6 is 0 Å². The molecular formula is C88H64N2O2. The maximum atomic E-state index is 7.13. The van der Waals surface area contributed by atoms with Gasteiger partial charge in [0.15, 0.2) is 11.2 Å². The Morgan fingerprint density at radius 3 is 1.00 bits per heavy atom. The van der Waals surface area contributed by atoms with Crippen molar-refractivity contribution in [2.75, 3.05) is 9.80 Å². The van der Waals surface area contributed by atoms with Gasteiger partial charge >= 0.3 is 0 Å². The number of aryl methyl sites for hydroxylation is 2. The number of nitrogens with zero attached hydrogens (tertiary/aromatic N) is 2. The number of hydrogen-bond donors (Lipinski definition) is 0. The zero-order valence-corrected chi connectivity index (χ0v) is 52.3. The van der Waals surface area contributed by atoms with Crippen LogP contribution in [0.2, 0.25) is 0 Å². The van der Waals surface area contributed by atoms with Crippen LogP contribution in [0.1, 0.15) is 58.4 Å². The van der Waals surface area contributed by atoms with Crippen molar-refractivity contribution in [2.45, 2.75) is 52.4 Å². The highest BCUT2D eigenvalue weighted by Crippen LogP contribution is 2.68. The normalized spacial score (nSPS) is 15.6. The molecule has 0 N–H and O–H groups in total. The van der Waals surface area contributed by atoms with Crippen LogP contribution in [0.4, 0.5) is 34.1 Å². The summed E-state index contributed by atoms with van der Waals surface area (Å²) in [6.07, 6.45) is 0. The molecule has 0 aliphatic heterocycles. The molecule has 0 amide bonds. The van der Waals surface area contributed by atoms with E-state index in [1.807, 2.05) is 0 Å². The van der Waals surface area contributed by atoms with Crippen molar-refractivity contribution in [1.82, 2.24) is 0 Å². The van der Waals surface area contributed by atoms with Crippen LogP contribution in [0.3, 0.4) is 0 Å². The zero-order chi connectivity index (χ0) is 61.7. The van der Waals surface area contributed by atoms with Gasteiger partial charge in [-0.2, -0.15) is 0 Å². The van der Waals surface area contributed by atoms with Crippen molar-refractivity contribution in [3.8, 4) is 44.5 Å². The van der Waals surface area contributed by atoms with Gasteiger partial charge in [0.2, 0.25) is 0 Å². The average molecular weight is 1180 g/mol. The summed E-state index contributed by atoms with van der Waals surface area (Å²) in [5.41, 5.74) is 28.1. The van der Waals surface area contributed by atoms with E-state index in [0.717, 1.165) is 99.9 Å². The van der Waals surface area contributed by atoms with E-state index in [9.17, 15) is 0 Å². The average Bonchev–Trinajstić information content (AvgIpc) is 1.48. The lowest BCUT2D eigenvalue weighted by molar-refractivity contribution is 0.376. The fourth-order valence-electron chi connectivity index (χ4n) is 16.6. The molecule has 4 heteroatoms. The van der Waals surface area contributed by atoms with Crippen molar-refractivity contribution < 1.29 is 8.83 Å². The Morgan fingerprint density at radius 1 is 0.250 bits per heavy atom. The predicted molar refractivity (Wildman–Crippen MR) is 385 cm³/mol. The first-order chi connectivity index (χ1) is 45.1. The summed E-state index contributed by atoms with van der Waals surface area (Å²) in [5.74, 6) is 0. The summed E-state index contributed by atoms with van der Waals surface area (Å²) in [6.45, 7) is 14.1. The third kappa shape index (κ3) is 7.40. The maximum absolute atomic E-state index is 7.13. The third-order valence-corrected chi connectivity index (χ3v) is 21.4. The van der Waals surface area contributed by atoms with Gasteiger partial charge in [-0.05, 0) is 165 Å². The molecule has 0 saturated carbocycles. The molecule has 438 valence electrons. The standard InChI is InChI=1S/C88H64N2O2/c1-53-27-23-39-57(55(53)3)59-29-13-19-45-75(59)89(77-47-25-41-67-63-33-15-21-49-81(63)91-85(67)77)79-51-73-83(65-35-9-7-31-61(65)79)69-37-11-17-43-71(69)87(73,5)88(6)72-44-18-12-38-70(72)84-66-36-10-8-32-62(66)80(52-74(84)88)90(76-46-20-14-30-60(76)58-40-24-28-54(2)56(58)4)78-48-26-42-68-64-34-16-22-50-82(64)92-86(68)78/h7-52H,1-6H3. The molecule has 16 aromatic rings. The molecule has 0 bridgehead atoms. The molecule has 2 aliphatic rings. The molecular weight excluding hydrogens is 1120 g/mol. The largest absolute Gasteiger partial charge is 0.454 e. The summed E-state index contributed by atoms with van der Waals surface area (Å²) < 4.78 is 14.3. The number of fused-ring (bicyclic) bond motifs is 16. The fourth-order valence-corrected chi connectivity index (χ4v) is 16.6. The summed E-state index contributed by atoms with van der Waals surface area (Å²) in [4.78, 5) is 5.06. The Bertz CT molecular complexity index is 5430. The number of rotatable bonds is 9. The summed E-state index contributed by atoms with van der Waals surface area (Å²) >= 11 is 0. The van der Waals surface area contributed by atoms with Gasteiger partial charge in [0.25, 0.3) is 0 Å². The van der Waals surface area contributed by atoms with Gasteiger partial charge in [-0.1, -0.05) is 244 Å². The molecule has 0 fully saturated rings. The Kier molecular flexibility index (Phi) is 11.8. The van der Waals surface area contributed by atoms with Crippen molar-refractivity contribution in [1.29, 1.82) is 0 Å². The van der Waals surface area contributed by atoms with Crippen LogP contribution < -0.4 is 9.80 Å². The molecule has 18 rings (SSSR count). The predicted octanol–water partition coefficient (Wildman–Crippen LogP) is 24.6. The topological polar surface area (TPSA) is 32.8 Å². The minimum absolute atomic E-state index is 0.706. The highest BCUT2D eigenvalue weighted by Gasteiger charge is 2.58. The van der Waals surface area contributed by atoms with Crippen LogP contribution in [-0.2, 0) is 10.8 Å². The van der Waals surface area contributed by atoms with Gasteiger partial charge in [0.1, 0.15) is 11.2 Å². The van der Waals surface area contributed by atoms with Crippen molar-refractivity contribution >= 4 is 99.5 Å². The third-order valence-electron chi connectivity index (χ3n) is 21.4. The minimum atomic E-state index is -0.706. The lowest BCUT2D eigenvalue weighted by Gasteiger charge is -2.46.